The summed E-state index contributed by atoms with van der Waals surface area (Å²) in [6.07, 6.45) is 1.89. The Kier molecular flexibility index (Phi) is 2.06. The fourth-order valence-electron chi connectivity index (χ4n) is 2.19. The molecule has 0 bridgehead atoms. The molecule has 0 unspecified atom stereocenters. The Balaban J connectivity index is 2.37. The van der Waals surface area contributed by atoms with E-state index in [1.54, 1.807) is 0 Å². The van der Waals surface area contributed by atoms with Crippen LogP contribution in [0.5, 0.6) is 0 Å². The fraction of sp³-hybridized carbons (Fsp3) is 0.417. The lowest BCUT2D eigenvalue weighted by molar-refractivity contribution is -0.156. The van der Waals surface area contributed by atoms with Gasteiger partial charge in [-0.25, -0.2) is 0 Å². The monoisotopic (exact) mass is 190 g/mol. The first-order valence-electron chi connectivity index (χ1n) is 4.90. The third kappa shape index (κ3) is 1.41. The smallest absolute Gasteiger partial charge is 0.303 e. The second-order valence-corrected chi connectivity index (χ2v) is 3.98. The van der Waals surface area contributed by atoms with E-state index < -0.39 is 5.60 Å². The zero-order valence-corrected chi connectivity index (χ0v) is 8.54. The van der Waals surface area contributed by atoms with Gasteiger partial charge in [0.2, 0.25) is 0 Å². The van der Waals surface area contributed by atoms with Crippen LogP contribution < -0.4 is 0 Å². The molecular formula is C12H14O2. The first-order valence-corrected chi connectivity index (χ1v) is 4.90. The highest BCUT2D eigenvalue weighted by molar-refractivity contribution is 5.67. The highest BCUT2D eigenvalue weighted by Crippen LogP contribution is 2.39. The van der Waals surface area contributed by atoms with Crippen molar-refractivity contribution in [2.45, 2.75) is 32.3 Å². The summed E-state index contributed by atoms with van der Waals surface area (Å²) < 4.78 is 5.39. The molecule has 1 aromatic carbocycles. The van der Waals surface area contributed by atoms with Crippen molar-refractivity contribution >= 4 is 5.97 Å². The van der Waals surface area contributed by atoms with Crippen LogP contribution in [0.1, 0.15) is 31.4 Å². The standard InChI is InChI=1S/C12H14O2/c1-9(13)14-12(2)8-7-10-5-3-4-6-11(10)12/h3-6H,7-8H2,1-2H3/t12-/m0/s1. The quantitative estimate of drug-likeness (QED) is 0.636. The number of fused-ring (bicyclic) bond motifs is 1. The van der Waals surface area contributed by atoms with E-state index >= 15 is 0 Å². The van der Waals surface area contributed by atoms with Crippen molar-refractivity contribution in [2.24, 2.45) is 0 Å². The highest BCUT2D eigenvalue weighted by atomic mass is 16.6. The van der Waals surface area contributed by atoms with E-state index in [4.69, 9.17) is 4.74 Å². The second kappa shape index (κ2) is 3.12. The van der Waals surface area contributed by atoms with Gasteiger partial charge < -0.3 is 4.74 Å². The zero-order valence-electron chi connectivity index (χ0n) is 8.54. The Morgan fingerprint density at radius 1 is 1.43 bits per heavy atom. The minimum atomic E-state index is -0.400. The molecule has 0 heterocycles. The van der Waals surface area contributed by atoms with Crippen LogP contribution in [0.3, 0.4) is 0 Å². The number of ether oxygens (including phenoxy) is 1. The molecule has 1 aromatic rings. The predicted octanol–water partition coefficient (Wildman–Crippen LogP) is 2.41. The summed E-state index contributed by atoms with van der Waals surface area (Å²) in [4.78, 5) is 11.0. The minimum Gasteiger partial charge on any atom is -0.455 e. The fourth-order valence-corrected chi connectivity index (χ4v) is 2.19. The number of hydrogen-bond donors (Lipinski definition) is 0. The number of carbonyl (C=O) groups is 1. The summed E-state index contributed by atoms with van der Waals surface area (Å²) in [6.45, 7) is 3.45. The number of rotatable bonds is 1. The molecular weight excluding hydrogens is 176 g/mol. The Labute approximate surface area is 83.9 Å². The summed E-state index contributed by atoms with van der Waals surface area (Å²) in [5, 5.41) is 0. The number of benzene rings is 1. The van der Waals surface area contributed by atoms with Crippen LogP contribution in [0, 0.1) is 0 Å². The number of esters is 1. The molecule has 1 aliphatic rings. The molecule has 74 valence electrons. The molecule has 0 saturated carbocycles. The van der Waals surface area contributed by atoms with Crippen molar-refractivity contribution in [3.63, 3.8) is 0 Å². The van der Waals surface area contributed by atoms with Crippen LogP contribution in [-0.2, 0) is 21.6 Å². The topological polar surface area (TPSA) is 26.3 Å². The van der Waals surface area contributed by atoms with Gasteiger partial charge in [0.1, 0.15) is 5.60 Å². The van der Waals surface area contributed by atoms with Gasteiger partial charge in [0.15, 0.2) is 0 Å². The minimum absolute atomic E-state index is 0.204. The van der Waals surface area contributed by atoms with Crippen molar-refractivity contribution in [1.29, 1.82) is 0 Å². The van der Waals surface area contributed by atoms with E-state index in [0.717, 1.165) is 18.4 Å². The van der Waals surface area contributed by atoms with Gasteiger partial charge in [0, 0.05) is 6.92 Å². The van der Waals surface area contributed by atoms with Gasteiger partial charge in [-0.1, -0.05) is 24.3 Å². The lowest BCUT2D eigenvalue weighted by Gasteiger charge is -2.24. The van der Waals surface area contributed by atoms with Gasteiger partial charge in [-0.15, -0.1) is 0 Å². The van der Waals surface area contributed by atoms with Gasteiger partial charge >= 0.3 is 5.97 Å². The summed E-state index contributed by atoms with van der Waals surface area (Å²) in [5.74, 6) is -0.204. The van der Waals surface area contributed by atoms with Crippen molar-refractivity contribution in [1.82, 2.24) is 0 Å². The van der Waals surface area contributed by atoms with Crippen LogP contribution in [0.15, 0.2) is 24.3 Å². The van der Waals surface area contributed by atoms with E-state index in [1.807, 2.05) is 25.1 Å². The number of hydrogen-bond acceptors (Lipinski definition) is 2. The van der Waals surface area contributed by atoms with Crippen LogP contribution in [-0.4, -0.2) is 5.97 Å². The van der Waals surface area contributed by atoms with Crippen LogP contribution in [0.25, 0.3) is 0 Å². The molecule has 1 aliphatic carbocycles. The first kappa shape index (κ1) is 9.25. The molecule has 0 N–H and O–H groups in total. The summed E-state index contributed by atoms with van der Waals surface area (Å²) in [6, 6.07) is 8.17. The maximum Gasteiger partial charge on any atom is 0.303 e. The van der Waals surface area contributed by atoms with Crippen molar-refractivity contribution in [3.8, 4) is 0 Å². The molecule has 0 fully saturated rings. The molecule has 0 radical (unpaired) electrons. The lowest BCUT2D eigenvalue weighted by atomic mass is 9.98. The van der Waals surface area contributed by atoms with Crippen molar-refractivity contribution in [2.75, 3.05) is 0 Å². The van der Waals surface area contributed by atoms with Gasteiger partial charge in [0.05, 0.1) is 0 Å². The molecule has 2 heteroatoms. The largest absolute Gasteiger partial charge is 0.455 e. The second-order valence-electron chi connectivity index (χ2n) is 3.98. The molecule has 2 rings (SSSR count). The Hall–Kier alpha value is -1.31. The van der Waals surface area contributed by atoms with Gasteiger partial charge in [-0.2, -0.15) is 0 Å². The number of carbonyl (C=O) groups excluding carboxylic acids is 1. The zero-order chi connectivity index (χ0) is 10.2. The maximum atomic E-state index is 11.0. The van der Waals surface area contributed by atoms with Gasteiger partial charge in [-0.05, 0) is 30.9 Å². The predicted molar refractivity (Wildman–Crippen MR) is 53.9 cm³/mol. The molecule has 0 saturated heterocycles. The average molecular weight is 190 g/mol. The molecule has 0 aromatic heterocycles. The molecule has 14 heavy (non-hydrogen) atoms. The van der Waals surface area contributed by atoms with E-state index in [2.05, 4.69) is 6.07 Å². The maximum absolute atomic E-state index is 11.0. The van der Waals surface area contributed by atoms with Gasteiger partial charge in [-0.3, -0.25) is 4.79 Å². The number of aryl methyl sites for hydroxylation is 1. The molecule has 2 nitrogen and oxygen atoms in total. The average Bonchev–Trinajstić information content (AvgIpc) is 2.44. The Morgan fingerprint density at radius 3 is 2.86 bits per heavy atom. The normalized spacial score (nSPS) is 24.4. The molecule has 0 spiro atoms. The van der Waals surface area contributed by atoms with E-state index in [9.17, 15) is 4.79 Å². The van der Waals surface area contributed by atoms with Crippen molar-refractivity contribution in [3.05, 3.63) is 35.4 Å². The lowest BCUT2D eigenvalue weighted by Crippen LogP contribution is -2.25. The Bertz CT molecular complexity index is 370. The van der Waals surface area contributed by atoms with Crippen molar-refractivity contribution < 1.29 is 9.53 Å². The molecule has 0 aliphatic heterocycles. The van der Waals surface area contributed by atoms with Gasteiger partial charge in [0.25, 0.3) is 0 Å². The first-order chi connectivity index (χ1) is 6.62. The van der Waals surface area contributed by atoms with Crippen LogP contribution in [0.2, 0.25) is 0 Å². The Morgan fingerprint density at radius 2 is 2.14 bits per heavy atom. The summed E-state index contributed by atoms with van der Waals surface area (Å²) >= 11 is 0. The van der Waals surface area contributed by atoms with E-state index in [1.165, 1.54) is 12.5 Å². The SMILES string of the molecule is CC(=O)O[C@@]1(C)CCc2ccccc21. The van der Waals surface area contributed by atoms with Crippen LogP contribution >= 0.6 is 0 Å². The summed E-state index contributed by atoms with van der Waals surface area (Å²) in [7, 11) is 0. The van der Waals surface area contributed by atoms with Crippen LogP contribution in [0.4, 0.5) is 0 Å². The third-order valence-electron chi connectivity index (χ3n) is 2.83. The third-order valence-corrected chi connectivity index (χ3v) is 2.83. The molecule has 0 amide bonds. The van der Waals surface area contributed by atoms with E-state index in [0.29, 0.717) is 0 Å². The highest BCUT2D eigenvalue weighted by Gasteiger charge is 2.36. The molecule has 1 atom stereocenters. The van der Waals surface area contributed by atoms with E-state index in [-0.39, 0.29) is 5.97 Å². The summed E-state index contributed by atoms with van der Waals surface area (Å²) in [5.41, 5.74) is 2.06.